The highest BCUT2D eigenvalue weighted by Gasteiger charge is 2.49. The van der Waals surface area contributed by atoms with Gasteiger partial charge in [0, 0.05) is 10.2 Å². The van der Waals surface area contributed by atoms with Crippen LogP contribution in [0, 0.1) is 5.82 Å². The van der Waals surface area contributed by atoms with E-state index in [0.717, 1.165) is 15.4 Å². The monoisotopic (exact) mass is 453 g/mol. The predicted molar refractivity (Wildman–Crippen MR) is 102 cm³/mol. The molecular formula is C18H14BrClFN3O3. The zero-order chi connectivity index (χ0) is 19.8. The summed E-state index contributed by atoms with van der Waals surface area (Å²) in [6.45, 7) is 1.09. The van der Waals surface area contributed by atoms with Crippen LogP contribution >= 0.6 is 27.5 Å². The number of nitrogens with one attached hydrogen (secondary N) is 2. The summed E-state index contributed by atoms with van der Waals surface area (Å²) in [4.78, 5) is 38.2. The van der Waals surface area contributed by atoms with Crippen LogP contribution in [0.1, 0.15) is 12.5 Å². The lowest BCUT2D eigenvalue weighted by Gasteiger charge is -2.22. The quantitative estimate of drug-likeness (QED) is 0.692. The highest BCUT2D eigenvalue weighted by atomic mass is 79.9. The van der Waals surface area contributed by atoms with Crippen molar-refractivity contribution in [2.75, 3.05) is 11.9 Å². The molecule has 1 atom stereocenters. The van der Waals surface area contributed by atoms with Crippen molar-refractivity contribution in [2.24, 2.45) is 0 Å². The fraction of sp³-hybridized carbons (Fsp3) is 0.167. The molecule has 1 fully saturated rings. The van der Waals surface area contributed by atoms with Gasteiger partial charge in [-0.3, -0.25) is 14.5 Å². The van der Waals surface area contributed by atoms with Crippen LogP contribution in [0.15, 0.2) is 46.9 Å². The Balaban J connectivity index is 1.75. The maximum Gasteiger partial charge on any atom is 0.325 e. The number of hydrogen-bond acceptors (Lipinski definition) is 3. The minimum atomic E-state index is -1.28. The van der Waals surface area contributed by atoms with Gasteiger partial charge >= 0.3 is 6.03 Å². The Hall–Kier alpha value is -2.45. The van der Waals surface area contributed by atoms with Crippen molar-refractivity contribution >= 4 is 51.1 Å². The fourth-order valence-corrected chi connectivity index (χ4v) is 3.33. The van der Waals surface area contributed by atoms with Crippen LogP contribution in [0.25, 0.3) is 0 Å². The molecule has 2 aromatic rings. The summed E-state index contributed by atoms with van der Waals surface area (Å²) >= 11 is 9.01. The average Bonchev–Trinajstić information content (AvgIpc) is 2.82. The van der Waals surface area contributed by atoms with E-state index in [1.54, 1.807) is 31.2 Å². The summed E-state index contributed by atoms with van der Waals surface area (Å²) in [6.07, 6.45) is 0. The summed E-state index contributed by atoms with van der Waals surface area (Å²) in [6, 6.07) is 9.99. The molecule has 0 radical (unpaired) electrons. The standard InChI is InChI=1S/C18H14BrClFN3O3/c1-18(10-3-2-4-11(19)7-10)16(26)24(17(27)23-18)9-15(25)22-12-5-6-14(21)13(20)8-12/h2-8H,9H2,1H3,(H,22,25)(H,23,27). The predicted octanol–water partition coefficient (Wildman–Crippen LogP) is 3.65. The molecule has 0 aliphatic carbocycles. The number of halogens is 3. The van der Waals surface area contributed by atoms with Crippen LogP contribution in [0.4, 0.5) is 14.9 Å². The third kappa shape index (κ3) is 3.81. The van der Waals surface area contributed by atoms with Gasteiger partial charge in [-0.2, -0.15) is 0 Å². The zero-order valence-corrected chi connectivity index (χ0v) is 16.4. The van der Waals surface area contributed by atoms with Crippen molar-refractivity contribution in [1.29, 1.82) is 0 Å². The summed E-state index contributed by atoms with van der Waals surface area (Å²) in [5.41, 5.74) is -0.433. The number of nitrogens with zero attached hydrogens (tertiary/aromatic N) is 1. The van der Waals surface area contributed by atoms with Crippen LogP contribution in [0.2, 0.25) is 5.02 Å². The van der Waals surface area contributed by atoms with Crippen molar-refractivity contribution in [3.05, 3.63) is 63.3 Å². The van der Waals surface area contributed by atoms with Gasteiger partial charge in [0.2, 0.25) is 5.91 Å². The van der Waals surface area contributed by atoms with E-state index in [9.17, 15) is 18.8 Å². The first kappa shape index (κ1) is 19.3. The number of imide groups is 1. The summed E-state index contributed by atoms with van der Waals surface area (Å²) < 4.78 is 13.9. The normalized spacial score (nSPS) is 19.2. The van der Waals surface area contributed by atoms with Crippen LogP contribution < -0.4 is 10.6 Å². The van der Waals surface area contributed by atoms with Gasteiger partial charge in [-0.05, 0) is 42.8 Å². The molecule has 6 nitrogen and oxygen atoms in total. The van der Waals surface area contributed by atoms with Crippen molar-refractivity contribution in [3.8, 4) is 0 Å². The maximum atomic E-state index is 13.2. The minimum Gasteiger partial charge on any atom is -0.324 e. The zero-order valence-electron chi connectivity index (χ0n) is 14.1. The molecule has 9 heteroatoms. The molecular weight excluding hydrogens is 441 g/mol. The molecule has 0 aromatic heterocycles. The molecule has 27 heavy (non-hydrogen) atoms. The molecule has 3 rings (SSSR count). The first-order valence-corrected chi connectivity index (χ1v) is 9.03. The van der Waals surface area contributed by atoms with Gasteiger partial charge in [-0.1, -0.05) is 39.7 Å². The van der Waals surface area contributed by atoms with E-state index in [1.165, 1.54) is 12.1 Å². The summed E-state index contributed by atoms with van der Waals surface area (Å²) in [5.74, 6) is -1.77. The molecule has 0 spiro atoms. The lowest BCUT2D eigenvalue weighted by Crippen LogP contribution is -2.42. The number of carbonyl (C=O) groups excluding carboxylic acids is 3. The Bertz CT molecular complexity index is 955. The van der Waals surface area contributed by atoms with E-state index >= 15 is 0 Å². The molecule has 1 aliphatic heterocycles. The number of hydrogen-bond donors (Lipinski definition) is 2. The average molecular weight is 455 g/mol. The van der Waals surface area contributed by atoms with E-state index in [1.807, 2.05) is 0 Å². The van der Waals surface area contributed by atoms with Gasteiger partial charge in [0.15, 0.2) is 0 Å². The largest absolute Gasteiger partial charge is 0.325 e. The van der Waals surface area contributed by atoms with Crippen molar-refractivity contribution < 1.29 is 18.8 Å². The van der Waals surface area contributed by atoms with Gasteiger partial charge in [0.25, 0.3) is 5.91 Å². The molecule has 0 saturated carbocycles. The van der Waals surface area contributed by atoms with Crippen molar-refractivity contribution in [1.82, 2.24) is 10.2 Å². The van der Waals surface area contributed by atoms with Crippen LogP contribution in [-0.2, 0) is 15.1 Å². The molecule has 140 valence electrons. The SMILES string of the molecule is CC1(c2cccc(Br)c2)NC(=O)N(CC(=O)Nc2ccc(F)c(Cl)c2)C1=O. The molecule has 1 saturated heterocycles. The first-order valence-electron chi connectivity index (χ1n) is 7.86. The summed E-state index contributed by atoms with van der Waals surface area (Å²) in [7, 11) is 0. The molecule has 2 aromatic carbocycles. The van der Waals surface area contributed by atoms with E-state index in [-0.39, 0.29) is 10.7 Å². The number of urea groups is 1. The number of amides is 4. The topological polar surface area (TPSA) is 78.5 Å². The molecule has 4 amide bonds. The van der Waals surface area contributed by atoms with Gasteiger partial charge in [0.05, 0.1) is 5.02 Å². The number of carbonyl (C=O) groups is 3. The highest BCUT2D eigenvalue weighted by Crippen LogP contribution is 2.30. The van der Waals surface area contributed by atoms with Crippen molar-refractivity contribution in [2.45, 2.75) is 12.5 Å². The van der Waals surface area contributed by atoms with E-state index in [4.69, 9.17) is 11.6 Å². The van der Waals surface area contributed by atoms with Gasteiger partial charge in [-0.25, -0.2) is 9.18 Å². The third-order valence-electron chi connectivity index (χ3n) is 4.18. The second-order valence-electron chi connectivity index (χ2n) is 6.13. The van der Waals surface area contributed by atoms with Crippen LogP contribution in [0.3, 0.4) is 0 Å². The molecule has 1 aliphatic rings. The van der Waals surface area contributed by atoms with Gasteiger partial charge in [0.1, 0.15) is 17.9 Å². The molecule has 0 bridgehead atoms. The second kappa shape index (κ2) is 7.28. The molecule has 1 heterocycles. The Morgan fingerprint density at radius 1 is 1.30 bits per heavy atom. The minimum absolute atomic E-state index is 0.148. The lowest BCUT2D eigenvalue weighted by molar-refractivity contribution is -0.133. The fourth-order valence-electron chi connectivity index (χ4n) is 2.75. The van der Waals surface area contributed by atoms with Gasteiger partial charge in [-0.15, -0.1) is 0 Å². The lowest BCUT2D eigenvalue weighted by atomic mass is 9.92. The van der Waals surface area contributed by atoms with Crippen molar-refractivity contribution in [3.63, 3.8) is 0 Å². The molecule has 1 unspecified atom stereocenters. The highest BCUT2D eigenvalue weighted by molar-refractivity contribution is 9.10. The van der Waals surface area contributed by atoms with Crippen LogP contribution in [0.5, 0.6) is 0 Å². The van der Waals surface area contributed by atoms with E-state index in [2.05, 4.69) is 26.6 Å². The van der Waals surface area contributed by atoms with E-state index in [0.29, 0.717) is 5.56 Å². The summed E-state index contributed by atoms with van der Waals surface area (Å²) in [5, 5.41) is 4.96. The van der Waals surface area contributed by atoms with Gasteiger partial charge < -0.3 is 10.6 Å². The second-order valence-corrected chi connectivity index (χ2v) is 7.46. The number of anilines is 1. The Kier molecular flexibility index (Phi) is 5.21. The Morgan fingerprint density at radius 3 is 2.70 bits per heavy atom. The van der Waals surface area contributed by atoms with Crippen LogP contribution in [-0.4, -0.2) is 29.3 Å². The number of benzene rings is 2. The smallest absolute Gasteiger partial charge is 0.324 e. The Labute approximate surface area is 167 Å². The first-order chi connectivity index (χ1) is 12.7. The maximum absolute atomic E-state index is 13.2. The van der Waals surface area contributed by atoms with E-state index < -0.39 is 35.7 Å². The Morgan fingerprint density at radius 2 is 2.04 bits per heavy atom. The third-order valence-corrected chi connectivity index (χ3v) is 4.96. The molecule has 2 N–H and O–H groups in total. The number of rotatable bonds is 4.